The molecule has 0 saturated carbocycles. The van der Waals surface area contributed by atoms with Crippen LogP contribution in [0.3, 0.4) is 0 Å². The van der Waals surface area contributed by atoms with E-state index in [1.807, 2.05) is 37.3 Å². The fourth-order valence-corrected chi connectivity index (χ4v) is 1.96. The molecule has 0 heterocycles. The van der Waals surface area contributed by atoms with E-state index in [0.29, 0.717) is 5.75 Å². The molecule has 1 atom stereocenters. The van der Waals surface area contributed by atoms with E-state index in [1.54, 1.807) is 0 Å². The molecule has 0 aliphatic carbocycles. The maximum absolute atomic E-state index is 11.1. The average Bonchev–Trinajstić information content (AvgIpc) is 2.47. The Morgan fingerprint density at radius 3 is 2.14 bits per heavy atom. The first-order valence-electron chi connectivity index (χ1n) is 6.31. The minimum atomic E-state index is -1.30. The van der Waals surface area contributed by atoms with Crippen molar-refractivity contribution in [3.05, 3.63) is 65.2 Å². The quantitative estimate of drug-likeness (QED) is 0.881. The van der Waals surface area contributed by atoms with Crippen LogP contribution in [0, 0.1) is 0 Å². The monoisotopic (exact) mass is 286 g/mol. The maximum Gasteiger partial charge on any atom is 0.336 e. The average molecular weight is 286 g/mol. The van der Waals surface area contributed by atoms with Gasteiger partial charge in [-0.05, 0) is 30.7 Å². The minimum absolute atomic E-state index is 0.262. The van der Waals surface area contributed by atoms with Crippen molar-refractivity contribution in [3.63, 3.8) is 0 Å². The molecule has 0 aromatic heterocycles. The van der Waals surface area contributed by atoms with E-state index < -0.39 is 11.9 Å². The number of hydrogen-bond donors (Lipinski definition) is 2. The number of benzene rings is 2. The summed E-state index contributed by atoms with van der Waals surface area (Å²) in [4.78, 5) is 22.1. The number of carboxylic acids is 2. The van der Waals surface area contributed by atoms with Crippen LogP contribution in [0.25, 0.3) is 0 Å². The smallest absolute Gasteiger partial charge is 0.336 e. The Morgan fingerprint density at radius 2 is 1.57 bits per heavy atom. The van der Waals surface area contributed by atoms with Gasteiger partial charge >= 0.3 is 11.9 Å². The van der Waals surface area contributed by atoms with Gasteiger partial charge < -0.3 is 14.9 Å². The highest BCUT2D eigenvalue weighted by Crippen LogP contribution is 2.24. The molecule has 0 radical (unpaired) electrons. The van der Waals surface area contributed by atoms with Gasteiger partial charge in [0.05, 0.1) is 11.1 Å². The highest BCUT2D eigenvalue weighted by atomic mass is 16.5. The molecule has 5 heteroatoms. The molecule has 2 rings (SSSR count). The van der Waals surface area contributed by atoms with Gasteiger partial charge in [-0.1, -0.05) is 30.3 Å². The summed E-state index contributed by atoms with van der Waals surface area (Å²) in [6, 6.07) is 13.4. The van der Waals surface area contributed by atoms with Gasteiger partial charge in [-0.2, -0.15) is 0 Å². The molecule has 0 amide bonds. The highest BCUT2D eigenvalue weighted by molar-refractivity contribution is 6.01. The second kappa shape index (κ2) is 6.09. The number of hydrogen-bond acceptors (Lipinski definition) is 3. The van der Waals surface area contributed by atoms with Gasteiger partial charge in [0.1, 0.15) is 11.9 Å². The van der Waals surface area contributed by atoms with Crippen molar-refractivity contribution in [3.8, 4) is 5.75 Å². The molecule has 0 bridgehead atoms. The Morgan fingerprint density at radius 1 is 0.952 bits per heavy atom. The van der Waals surface area contributed by atoms with Gasteiger partial charge in [-0.3, -0.25) is 0 Å². The van der Waals surface area contributed by atoms with Crippen LogP contribution in [0.1, 0.15) is 39.3 Å². The molecule has 0 spiro atoms. The zero-order valence-corrected chi connectivity index (χ0v) is 11.3. The lowest BCUT2D eigenvalue weighted by Gasteiger charge is -2.15. The topological polar surface area (TPSA) is 83.8 Å². The fraction of sp³-hybridized carbons (Fsp3) is 0.125. The van der Waals surface area contributed by atoms with Gasteiger partial charge in [-0.25, -0.2) is 9.59 Å². The third-order valence-corrected chi connectivity index (χ3v) is 3.03. The number of ether oxygens (including phenoxy) is 1. The first-order valence-corrected chi connectivity index (χ1v) is 6.31. The predicted octanol–water partition coefficient (Wildman–Crippen LogP) is 3.22. The Labute approximate surface area is 121 Å². The van der Waals surface area contributed by atoms with E-state index in [9.17, 15) is 9.59 Å². The summed E-state index contributed by atoms with van der Waals surface area (Å²) < 4.78 is 5.67. The summed E-state index contributed by atoms with van der Waals surface area (Å²) >= 11 is 0. The molecule has 5 nitrogen and oxygen atoms in total. The SMILES string of the molecule is CC(Oc1ccc(C(=O)O)c(C(=O)O)c1)c1ccccc1. The summed E-state index contributed by atoms with van der Waals surface area (Å²) in [7, 11) is 0. The maximum atomic E-state index is 11.1. The van der Waals surface area contributed by atoms with Crippen LogP contribution in [0.4, 0.5) is 0 Å². The molecule has 2 aromatic carbocycles. The third-order valence-electron chi connectivity index (χ3n) is 3.03. The largest absolute Gasteiger partial charge is 0.486 e. The van der Waals surface area contributed by atoms with Crippen LogP contribution in [0.15, 0.2) is 48.5 Å². The van der Waals surface area contributed by atoms with E-state index >= 15 is 0 Å². The Kier molecular flexibility index (Phi) is 4.23. The lowest BCUT2D eigenvalue weighted by atomic mass is 10.1. The van der Waals surface area contributed by atoms with Gasteiger partial charge in [-0.15, -0.1) is 0 Å². The van der Waals surface area contributed by atoms with Crippen LogP contribution in [0.2, 0.25) is 0 Å². The normalized spacial score (nSPS) is 11.7. The van der Waals surface area contributed by atoms with Crippen molar-refractivity contribution < 1.29 is 24.5 Å². The van der Waals surface area contributed by atoms with Gasteiger partial charge in [0.2, 0.25) is 0 Å². The van der Waals surface area contributed by atoms with E-state index in [1.165, 1.54) is 18.2 Å². The van der Waals surface area contributed by atoms with Gasteiger partial charge in [0, 0.05) is 0 Å². The van der Waals surface area contributed by atoms with Gasteiger partial charge in [0.25, 0.3) is 0 Å². The second-order valence-corrected chi connectivity index (χ2v) is 4.49. The zero-order valence-electron chi connectivity index (χ0n) is 11.3. The Bertz CT molecular complexity index is 664. The lowest BCUT2D eigenvalue weighted by molar-refractivity contribution is 0.0651. The molecule has 0 saturated heterocycles. The Balaban J connectivity index is 2.27. The summed E-state index contributed by atoms with van der Waals surface area (Å²) in [5, 5.41) is 18.0. The van der Waals surface area contributed by atoms with Crippen molar-refractivity contribution in [2.75, 3.05) is 0 Å². The molecule has 2 aromatic rings. The van der Waals surface area contributed by atoms with Crippen LogP contribution in [-0.2, 0) is 0 Å². The summed E-state index contributed by atoms with van der Waals surface area (Å²) in [6.45, 7) is 1.83. The van der Waals surface area contributed by atoms with E-state index in [-0.39, 0.29) is 17.2 Å². The van der Waals surface area contributed by atoms with Crippen molar-refractivity contribution in [2.24, 2.45) is 0 Å². The minimum Gasteiger partial charge on any atom is -0.486 e. The second-order valence-electron chi connectivity index (χ2n) is 4.49. The molecule has 0 aliphatic rings. The molecule has 0 fully saturated rings. The molecular formula is C16H14O5. The molecule has 0 aliphatic heterocycles. The molecule has 21 heavy (non-hydrogen) atoms. The van der Waals surface area contributed by atoms with Crippen LogP contribution in [0.5, 0.6) is 5.75 Å². The Hall–Kier alpha value is -2.82. The standard InChI is InChI=1S/C16H14O5/c1-10(11-5-3-2-4-6-11)21-12-7-8-13(15(17)18)14(9-12)16(19)20/h2-10H,1H3,(H,17,18)(H,19,20). The highest BCUT2D eigenvalue weighted by Gasteiger charge is 2.17. The van der Waals surface area contributed by atoms with Crippen molar-refractivity contribution in [2.45, 2.75) is 13.0 Å². The number of rotatable bonds is 5. The summed E-state index contributed by atoms with van der Waals surface area (Å²) in [5.41, 5.74) is 0.388. The van der Waals surface area contributed by atoms with Crippen LogP contribution < -0.4 is 4.74 Å². The van der Waals surface area contributed by atoms with E-state index in [0.717, 1.165) is 5.56 Å². The molecular weight excluding hydrogens is 272 g/mol. The van der Waals surface area contributed by atoms with Crippen LogP contribution in [-0.4, -0.2) is 22.2 Å². The molecule has 1 unspecified atom stereocenters. The summed E-state index contributed by atoms with van der Waals surface area (Å²) in [5.74, 6) is -2.27. The first kappa shape index (κ1) is 14.6. The fourth-order valence-electron chi connectivity index (χ4n) is 1.96. The number of carboxylic acid groups (broad SMARTS) is 2. The van der Waals surface area contributed by atoms with Crippen molar-refractivity contribution >= 4 is 11.9 Å². The first-order chi connectivity index (χ1) is 9.99. The van der Waals surface area contributed by atoms with Crippen molar-refractivity contribution in [1.29, 1.82) is 0 Å². The zero-order chi connectivity index (χ0) is 15.4. The third kappa shape index (κ3) is 3.39. The van der Waals surface area contributed by atoms with E-state index in [2.05, 4.69) is 0 Å². The lowest BCUT2D eigenvalue weighted by Crippen LogP contribution is -2.09. The van der Waals surface area contributed by atoms with Crippen LogP contribution >= 0.6 is 0 Å². The van der Waals surface area contributed by atoms with Crippen molar-refractivity contribution in [1.82, 2.24) is 0 Å². The van der Waals surface area contributed by atoms with Gasteiger partial charge in [0.15, 0.2) is 0 Å². The summed E-state index contributed by atoms with van der Waals surface area (Å²) in [6.07, 6.45) is -0.275. The predicted molar refractivity (Wildman–Crippen MR) is 75.8 cm³/mol. The number of aromatic carboxylic acids is 2. The molecule has 108 valence electrons. The molecule has 2 N–H and O–H groups in total. The number of carbonyl (C=O) groups is 2. The van der Waals surface area contributed by atoms with E-state index in [4.69, 9.17) is 14.9 Å².